The van der Waals surface area contributed by atoms with Crippen LogP contribution in [0.5, 0.6) is 0 Å². The van der Waals surface area contributed by atoms with Gasteiger partial charge in [0, 0.05) is 0 Å². The molecule has 0 saturated heterocycles. The van der Waals surface area contributed by atoms with Gasteiger partial charge in [0.15, 0.2) is 5.76 Å². The highest BCUT2D eigenvalue weighted by Crippen LogP contribution is 1.95. The Morgan fingerprint density at radius 1 is 1.73 bits per heavy atom. The van der Waals surface area contributed by atoms with E-state index in [2.05, 4.69) is 0 Å². The smallest absolute Gasteiger partial charge is 0.157 e. The van der Waals surface area contributed by atoms with Crippen molar-refractivity contribution in [3.05, 3.63) is 24.2 Å². The molecule has 0 unspecified atom stereocenters. The van der Waals surface area contributed by atoms with Crippen LogP contribution < -0.4 is 5.32 Å². The van der Waals surface area contributed by atoms with Crippen molar-refractivity contribution in [1.82, 2.24) is 0 Å². The Kier molecular flexibility index (Phi) is 3.14. The Morgan fingerprint density at radius 3 is 3.09 bits per heavy atom. The molecule has 0 aromatic carbocycles. The average Bonchev–Trinajstić information content (AvgIpc) is 2.39. The number of nitrogens with two attached hydrogens (primary N) is 1. The fourth-order valence-electron chi connectivity index (χ4n) is 0.896. The minimum Gasteiger partial charge on any atom is -0.463 e. The summed E-state index contributed by atoms with van der Waals surface area (Å²) in [4.78, 5) is 0. The monoisotopic (exact) mass is 156 g/mol. The number of furan rings is 1. The van der Waals surface area contributed by atoms with Crippen LogP contribution in [0.3, 0.4) is 0 Å². The molecule has 0 aliphatic heterocycles. The zero-order chi connectivity index (χ0) is 8.10. The fraction of sp³-hybridized carbons (Fsp3) is 0.500. The van der Waals surface area contributed by atoms with E-state index in [1.54, 1.807) is 13.2 Å². The van der Waals surface area contributed by atoms with Crippen molar-refractivity contribution in [2.75, 3.05) is 6.54 Å². The Hall–Kier alpha value is -0.800. The first kappa shape index (κ1) is 8.30. The number of hydrogen-bond acceptors (Lipinski definition) is 2. The molecule has 0 radical (unpaired) electrons. The maximum Gasteiger partial charge on any atom is 0.157 e. The van der Waals surface area contributed by atoms with Crippen molar-refractivity contribution in [3.63, 3.8) is 0 Å². The lowest BCUT2D eigenvalue weighted by Gasteiger charge is -2.00. The lowest BCUT2D eigenvalue weighted by atomic mass is 10.4. The molecule has 0 fully saturated rings. The predicted octanol–water partition coefficient (Wildman–Crippen LogP) is -0.276. The van der Waals surface area contributed by atoms with E-state index in [1.165, 1.54) is 0 Å². The number of rotatable bonds is 4. The van der Waals surface area contributed by atoms with Gasteiger partial charge in [0.05, 0.1) is 12.4 Å². The molecule has 0 bridgehead atoms. The molecular weight excluding hydrogens is 142 g/mol. The van der Waals surface area contributed by atoms with Crippen LogP contribution in [0, 0.1) is 0 Å². The minimum atomic E-state index is -0.245. The van der Waals surface area contributed by atoms with Gasteiger partial charge in [-0.1, -0.05) is 0 Å². The number of aliphatic hydroxyl groups is 1. The van der Waals surface area contributed by atoms with Gasteiger partial charge in [0.1, 0.15) is 13.1 Å². The third-order valence-corrected chi connectivity index (χ3v) is 1.43. The maximum atomic E-state index is 8.92. The van der Waals surface area contributed by atoms with Gasteiger partial charge in [-0.25, -0.2) is 0 Å². The lowest BCUT2D eigenvalue weighted by Crippen LogP contribution is -2.84. The largest absolute Gasteiger partial charge is 0.463 e. The van der Waals surface area contributed by atoms with Crippen molar-refractivity contribution >= 4 is 0 Å². The van der Waals surface area contributed by atoms with Crippen molar-refractivity contribution in [3.8, 4) is 0 Å². The number of aliphatic hydroxyl groups excluding tert-OH is 1. The molecule has 3 N–H and O–H groups in total. The molecule has 1 aromatic heterocycles. The van der Waals surface area contributed by atoms with Gasteiger partial charge in [-0.2, -0.15) is 0 Å². The summed E-state index contributed by atoms with van der Waals surface area (Å²) in [6.45, 7) is 3.30. The van der Waals surface area contributed by atoms with E-state index in [0.717, 1.165) is 18.8 Å². The number of hydrogen-bond donors (Lipinski definition) is 2. The third-order valence-electron chi connectivity index (χ3n) is 1.43. The Morgan fingerprint density at radius 2 is 2.55 bits per heavy atom. The van der Waals surface area contributed by atoms with E-state index in [-0.39, 0.29) is 6.10 Å². The standard InChI is InChI=1S/C8H13NO2/c1-7(10)5-9-6-8-3-2-4-11-8/h2-4,7,9-10H,5-6H2,1H3/p+1/t7-/m0/s1. The molecular formula is C8H14NO2+. The topological polar surface area (TPSA) is 50.0 Å². The second-order valence-corrected chi connectivity index (χ2v) is 2.66. The molecule has 0 aliphatic rings. The molecule has 62 valence electrons. The summed E-state index contributed by atoms with van der Waals surface area (Å²) in [5.74, 6) is 0.950. The Balaban J connectivity index is 2.14. The van der Waals surface area contributed by atoms with Crippen LogP contribution in [-0.4, -0.2) is 17.8 Å². The van der Waals surface area contributed by atoms with Crippen LogP contribution in [-0.2, 0) is 6.54 Å². The molecule has 3 nitrogen and oxygen atoms in total. The van der Waals surface area contributed by atoms with Gasteiger partial charge in [0.25, 0.3) is 0 Å². The molecule has 1 heterocycles. The van der Waals surface area contributed by atoms with Crippen molar-refractivity contribution in [2.24, 2.45) is 0 Å². The first-order chi connectivity index (χ1) is 5.29. The molecule has 0 saturated carbocycles. The highest BCUT2D eigenvalue weighted by atomic mass is 16.3. The van der Waals surface area contributed by atoms with E-state index >= 15 is 0 Å². The zero-order valence-electron chi connectivity index (χ0n) is 6.66. The van der Waals surface area contributed by atoms with Gasteiger partial charge in [0.2, 0.25) is 0 Å². The summed E-state index contributed by atoms with van der Waals surface area (Å²) in [6, 6.07) is 3.80. The van der Waals surface area contributed by atoms with Gasteiger partial charge in [-0.15, -0.1) is 0 Å². The molecule has 1 aromatic rings. The fourth-order valence-corrected chi connectivity index (χ4v) is 0.896. The van der Waals surface area contributed by atoms with Gasteiger partial charge in [-0.05, 0) is 19.1 Å². The van der Waals surface area contributed by atoms with Gasteiger partial charge in [-0.3, -0.25) is 0 Å². The summed E-state index contributed by atoms with van der Waals surface area (Å²) in [5, 5.41) is 10.9. The SMILES string of the molecule is C[C@H](O)C[NH2+]Cc1ccco1. The Labute approximate surface area is 66.0 Å². The summed E-state index contributed by atoms with van der Waals surface area (Å²) >= 11 is 0. The van der Waals surface area contributed by atoms with E-state index in [4.69, 9.17) is 9.52 Å². The van der Waals surface area contributed by atoms with Crippen LogP contribution in [0.15, 0.2) is 22.8 Å². The summed E-state index contributed by atoms with van der Waals surface area (Å²) < 4.78 is 5.10. The second kappa shape index (κ2) is 4.16. The molecule has 0 aliphatic carbocycles. The first-order valence-corrected chi connectivity index (χ1v) is 3.81. The summed E-state index contributed by atoms with van der Waals surface area (Å²) in [6.07, 6.45) is 1.41. The highest BCUT2D eigenvalue weighted by Gasteiger charge is 1.99. The quantitative estimate of drug-likeness (QED) is 0.630. The Bertz CT molecular complexity index is 182. The lowest BCUT2D eigenvalue weighted by molar-refractivity contribution is -0.677. The van der Waals surface area contributed by atoms with Crippen LogP contribution in [0.4, 0.5) is 0 Å². The van der Waals surface area contributed by atoms with Crippen LogP contribution in [0.25, 0.3) is 0 Å². The molecule has 1 atom stereocenters. The van der Waals surface area contributed by atoms with E-state index in [1.807, 2.05) is 17.4 Å². The van der Waals surface area contributed by atoms with E-state index in [0.29, 0.717) is 0 Å². The zero-order valence-corrected chi connectivity index (χ0v) is 6.66. The molecule has 0 spiro atoms. The van der Waals surface area contributed by atoms with Crippen LogP contribution in [0.2, 0.25) is 0 Å². The molecule has 1 rings (SSSR count). The molecule has 3 heteroatoms. The number of quaternary nitrogens is 1. The normalized spacial score (nSPS) is 13.3. The second-order valence-electron chi connectivity index (χ2n) is 2.66. The maximum absolute atomic E-state index is 8.92. The van der Waals surface area contributed by atoms with Crippen LogP contribution >= 0.6 is 0 Å². The van der Waals surface area contributed by atoms with Crippen LogP contribution in [0.1, 0.15) is 12.7 Å². The molecule has 0 amide bonds. The van der Waals surface area contributed by atoms with Gasteiger partial charge >= 0.3 is 0 Å². The van der Waals surface area contributed by atoms with E-state index in [9.17, 15) is 0 Å². The average molecular weight is 156 g/mol. The predicted molar refractivity (Wildman–Crippen MR) is 40.9 cm³/mol. The van der Waals surface area contributed by atoms with Crippen molar-refractivity contribution < 1.29 is 14.8 Å². The first-order valence-electron chi connectivity index (χ1n) is 3.81. The van der Waals surface area contributed by atoms with Crippen molar-refractivity contribution in [2.45, 2.75) is 19.6 Å². The highest BCUT2D eigenvalue weighted by molar-refractivity contribution is 4.95. The van der Waals surface area contributed by atoms with Gasteiger partial charge < -0.3 is 14.8 Å². The minimum absolute atomic E-state index is 0.245. The summed E-state index contributed by atoms with van der Waals surface area (Å²) in [7, 11) is 0. The molecule has 11 heavy (non-hydrogen) atoms. The van der Waals surface area contributed by atoms with Crippen molar-refractivity contribution in [1.29, 1.82) is 0 Å². The van der Waals surface area contributed by atoms with E-state index < -0.39 is 0 Å². The summed E-state index contributed by atoms with van der Waals surface area (Å²) in [5.41, 5.74) is 0. The third kappa shape index (κ3) is 3.20.